The zero-order chi connectivity index (χ0) is 16.9. The normalized spacial score (nSPS) is 15.8. The average molecular weight is 368 g/mol. The maximum atomic E-state index is 13.1. The summed E-state index contributed by atoms with van der Waals surface area (Å²) in [7, 11) is 0. The molecule has 1 amide bonds. The second-order valence-corrected chi connectivity index (χ2v) is 6.62. The third kappa shape index (κ3) is 4.33. The molecule has 0 radical (unpaired) electrons. The van der Waals surface area contributed by atoms with Crippen molar-refractivity contribution in [2.24, 2.45) is 0 Å². The first-order valence-corrected chi connectivity index (χ1v) is 8.71. The number of hydrogen-bond donors (Lipinski definition) is 1. The van der Waals surface area contributed by atoms with Gasteiger partial charge >= 0.3 is 0 Å². The predicted molar refractivity (Wildman–Crippen MR) is 91.5 cm³/mol. The van der Waals surface area contributed by atoms with E-state index in [0.717, 1.165) is 4.90 Å². The topological polar surface area (TPSA) is 47.6 Å². The number of nitrogens with one attached hydrogen (secondary N) is 1. The molecular weight excluding hydrogens is 353 g/mol. The number of carbonyl (C=O) groups is 1. The number of rotatable bonds is 5. The van der Waals surface area contributed by atoms with Crippen LogP contribution in [0.2, 0.25) is 5.02 Å². The van der Waals surface area contributed by atoms with Gasteiger partial charge in [0.1, 0.15) is 18.5 Å². The lowest BCUT2D eigenvalue weighted by atomic mass is 10.2. The fourth-order valence-corrected chi connectivity index (χ4v) is 3.17. The predicted octanol–water partition coefficient (Wildman–Crippen LogP) is 3.53. The second kappa shape index (κ2) is 7.77. The van der Waals surface area contributed by atoms with Crippen LogP contribution in [0.15, 0.2) is 47.4 Å². The minimum absolute atomic E-state index is 0.0480. The van der Waals surface area contributed by atoms with Crippen LogP contribution in [0.5, 0.6) is 11.5 Å². The molecule has 0 aromatic heterocycles. The molecule has 0 bridgehead atoms. The molecule has 0 aliphatic carbocycles. The Labute approximate surface area is 148 Å². The molecule has 24 heavy (non-hydrogen) atoms. The Balaban J connectivity index is 1.44. The molecule has 1 aliphatic heterocycles. The van der Waals surface area contributed by atoms with Gasteiger partial charge in [-0.3, -0.25) is 4.79 Å². The third-order valence-electron chi connectivity index (χ3n) is 3.36. The molecule has 1 N–H and O–H groups in total. The highest BCUT2D eigenvalue weighted by Crippen LogP contribution is 2.30. The van der Waals surface area contributed by atoms with Crippen LogP contribution < -0.4 is 14.8 Å². The molecule has 1 unspecified atom stereocenters. The van der Waals surface area contributed by atoms with E-state index in [4.69, 9.17) is 21.1 Å². The van der Waals surface area contributed by atoms with E-state index in [2.05, 4.69) is 5.32 Å². The van der Waals surface area contributed by atoms with E-state index in [1.165, 1.54) is 23.9 Å². The number of amides is 1. The van der Waals surface area contributed by atoms with Gasteiger partial charge in [0, 0.05) is 4.90 Å². The highest BCUT2D eigenvalue weighted by Gasteiger charge is 2.20. The molecular formula is C17H15ClFNO3S. The summed E-state index contributed by atoms with van der Waals surface area (Å²) in [5.74, 6) is 0.997. The molecule has 0 spiro atoms. The van der Waals surface area contributed by atoms with Gasteiger partial charge in [-0.2, -0.15) is 0 Å². The first-order valence-electron chi connectivity index (χ1n) is 7.35. The van der Waals surface area contributed by atoms with Crippen molar-refractivity contribution in [1.29, 1.82) is 0 Å². The molecule has 3 rings (SSSR count). The Kier molecular flexibility index (Phi) is 5.48. The van der Waals surface area contributed by atoms with Crippen LogP contribution in [0, 0.1) is 5.82 Å². The smallest absolute Gasteiger partial charge is 0.230 e. The molecule has 1 atom stereocenters. The molecule has 126 valence electrons. The van der Waals surface area contributed by atoms with E-state index in [-0.39, 0.29) is 22.8 Å². The first-order chi connectivity index (χ1) is 11.6. The van der Waals surface area contributed by atoms with Gasteiger partial charge in [-0.05, 0) is 30.3 Å². The summed E-state index contributed by atoms with van der Waals surface area (Å²) in [6.45, 7) is 0.746. The van der Waals surface area contributed by atoms with E-state index in [1.54, 1.807) is 6.07 Å². The van der Waals surface area contributed by atoms with Crippen molar-refractivity contribution in [2.75, 3.05) is 18.9 Å². The number of thioether (sulfide) groups is 1. The van der Waals surface area contributed by atoms with E-state index >= 15 is 0 Å². The Hall–Kier alpha value is -1.92. The van der Waals surface area contributed by atoms with Crippen LogP contribution in [-0.2, 0) is 4.79 Å². The van der Waals surface area contributed by atoms with Gasteiger partial charge in [-0.25, -0.2) is 4.39 Å². The Bertz CT molecular complexity index is 744. The Morgan fingerprint density at radius 3 is 2.88 bits per heavy atom. The SMILES string of the molecule is O=C(CSc1ccc(F)c(Cl)c1)NCC1COc2ccccc2O1. The molecule has 0 fully saturated rings. The number of ether oxygens (including phenoxy) is 2. The fraction of sp³-hybridized carbons (Fsp3) is 0.235. The lowest BCUT2D eigenvalue weighted by Gasteiger charge is -2.26. The summed E-state index contributed by atoms with van der Waals surface area (Å²) < 4.78 is 24.4. The number of benzene rings is 2. The lowest BCUT2D eigenvalue weighted by molar-refractivity contribution is -0.119. The summed E-state index contributed by atoms with van der Waals surface area (Å²) in [6.07, 6.45) is -0.228. The van der Waals surface area contributed by atoms with E-state index < -0.39 is 5.82 Å². The van der Waals surface area contributed by atoms with Gasteiger partial charge in [0.15, 0.2) is 11.5 Å². The Morgan fingerprint density at radius 2 is 2.08 bits per heavy atom. The monoisotopic (exact) mass is 367 g/mol. The second-order valence-electron chi connectivity index (χ2n) is 5.17. The number of carbonyl (C=O) groups excluding carboxylic acids is 1. The quantitative estimate of drug-likeness (QED) is 0.821. The van der Waals surface area contributed by atoms with Gasteiger partial charge in [0.25, 0.3) is 0 Å². The van der Waals surface area contributed by atoms with E-state index in [0.29, 0.717) is 24.7 Å². The largest absolute Gasteiger partial charge is 0.486 e. The van der Waals surface area contributed by atoms with Crippen LogP contribution in [0.3, 0.4) is 0 Å². The highest BCUT2D eigenvalue weighted by atomic mass is 35.5. The molecule has 4 nitrogen and oxygen atoms in total. The third-order valence-corrected chi connectivity index (χ3v) is 4.64. The van der Waals surface area contributed by atoms with Crippen molar-refractivity contribution in [3.8, 4) is 11.5 Å². The van der Waals surface area contributed by atoms with Crippen molar-refractivity contribution in [3.05, 3.63) is 53.3 Å². The van der Waals surface area contributed by atoms with Gasteiger partial charge in [0.05, 0.1) is 17.3 Å². The minimum atomic E-state index is -0.472. The van der Waals surface area contributed by atoms with E-state index in [9.17, 15) is 9.18 Å². The van der Waals surface area contributed by atoms with Crippen molar-refractivity contribution < 1.29 is 18.7 Å². The average Bonchev–Trinajstić information content (AvgIpc) is 2.60. The van der Waals surface area contributed by atoms with Crippen LogP contribution in [0.4, 0.5) is 4.39 Å². The highest BCUT2D eigenvalue weighted by molar-refractivity contribution is 8.00. The van der Waals surface area contributed by atoms with Crippen molar-refractivity contribution >= 4 is 29.3 Å². The van der Waals surface area contributed by atoms with Crippen LogP contribution in [0.25, 0.3) is 0 Å². The minimum Gasteiger partial charge on any atom is -0.486 e. The Morgan fingerprint density at radius 1 is 1.29 bits per heavy atom. The van der Waals surface area contributed by atoms with E-state index in [1.807, 2.05) is 24.3 Å². The maximum Gasteiger partial charge on any atom is 0.230 e. The zero-order valence-electron chi connectivity index (χ0n) is 12.6. The summed E-state index contributed by atoms with van der Waals surface area (Å²) in [5, 5.41) is 2.86. The van der Waals surface area contributed by atoms with Crippen molar-refractivity contribution in [3.63, 3.8) is 0 Å². The van der Waals surface area contributed by atoms with Gasteiger partial charge in [-0.15, -0.1) is 11.8 Å². The molecule has 2 aromatic carbocycles. The number of halogens is 2. The number of para-hydroxylation sites is 2. The van der Waals surface area contributed by atoms with Crippen LogP contribution >= 0.6 is 23.4 Å². The van der Waals surface area contributed by atoms with Crippen LogP contribution in [-0.4, -0.2) is 30.9 Å². The van der Waals surface area contributed by atoms with Gasteiger partial charge < -0.3 is 14.8 Å². The molecule has 1 heterocycles. The van der Waals surface area contributed by atoms with Gasteiger partial charge in [-0.1, -0.05) is 23.7 Å². The van der Waals surface area contributed by atoms with Crippen molar-refractivity contribution in [1.82, 2.24) is 5.32 Å². The summed E-state index contributed by atoms with van der Waals surface area (Å²) >= 11 is 7.01. The van der Waals surface area contributed by atoms with Crippen LogP contribution in [0.1, 0.15) is 0 Å². The van der Waals surface area contributed by atoms with Gasteiger partial charge in [0.2, 0.25) is 5.91 Å². The molecule has 7 heteroatoms. The number of fused-ring (bicyclic) bond motifs is 1. The molecule has 1 aliphatic rings. The standard InChI is InChI=1S/C17H15ClFNO3S/c18-13-7-12(5-6-14(13)19)24-10-17(21)20-8-11-9-22-15-3-1-2-4-16(15)23-11/h1-7,11H,8-10H2,(H,20,21). The zero-order valence-corrected chi connectivity index (χ0v) is 14.2. The summed E-state index contributed by atoms with van der Waals surface area (Å²) in [4.78, 5) is 12.7. The summed E-state index contributed by atoms with van der Waals surface area (Å²) in [5.41, 5.74) is 0. The lowest BCUT2D eigenvalue weighted by Crippen LogP contribution is -2.41. The molecule has 0 saturated heterocycles. The maximum absolute atomic E-state index is 13.1. The van der Waals surface area contributed by atoms with Crippen molar-refractivity contribution in [2.45, 2.75) is 11.0 Å². The molecule has 2 aromatic rings. The molecule has 0 saturated carbocycles. The summed E-state index contributed by atoms with van der Waals surface area (Å²) in [6, 6.07) is 11.8. The number of hydrogen-bond acceptors (Lipinski definition) is 4. The first kappa shape index (κ1) is 16.9. The fourth-order valence-electron chi connectivity index (χ4n) is 2.16.